The highest BCUT2D eigenvalue weighted by Crippen LogP contribution is 2.37. The number of nitro groups is 1. The molecule has 0 fully saturated rings. The van der Waals surface area contributed by atoms with Gasteiger partial charge in [0.2, 0.25) is 6.33 Å². The van der Waals surface area contributed by atoms with Crippen LogP contribution in [0.4, 0.5) is 5.69 Å². The molecule has 0 bridgehead atoms. The summed E-state index contributed by atoms with van der Waals surface area (Å²) in [4.78, 5) is 10.9. The fourth-order valence-electron chi connectivity index (χ4n) is 4.28. The van der Waals surface area contributed by atoms with Crippen molar-refractivity contribution in [2.75, 3.05) is 0 Å². The Kier molecular flexibility index (Phi) is 3.42. The summed E-state index contributed by atoms with van der Waals surface area (Å²) in [5.41, 5.74) is 5.54. The van der Waals surface area contributed by atoms with Crippen molar-refractivity contribution in [3.05, 3.63) is 80.9 Å². The summed E-state index contributed by atoms with van der Waals surface area (Å²) < 4.78 is 10.0. The summed E-state index contributed by atoms with van der Waals surface area (Å²) in [7, 11) is 0. The molecule has 0 amide bonds. The van der Waals surface area contributed by atoms with Crippen LogP contribution in [0.3, 0.4) is 0 Å². The average Bonchev–Trinajstić information content (AvgIpc) is 3.20. The van der Waals surface area contributed by atoms with E-state index in [4.69, 9.17) is 9.84 Å². The molecule has 3 aromatic rings. The van der Waals surface area contributed by atoms with Gasteiger partial charge in [-0.05, 0) is 42.7 Å². The van der Waals surface area contributed by atoms with Crippen molar-refractivity contribution in [1.29, 1.82) is 0 Å². The van der Waals surface area contributed by atoms with Crippen LogP contribution in [0.1, 0.15) is 34.1 Å². The molecule has 0 radical (unpaired) electrons. The van der Waals surface area contributed by atoms with E-state index in [9.17, 15) is 10.1 Å². The first-order valence-corrected chi connectivity index (χ1v) is 8.97. The number of ether oxygens (including phenoxy) is 1. The first-order valence-electron chi connectivity index (χ1n) is 8.97. The molecular weight excluding hydrogens is 344 g/mol. The summed E-state index contributed by atoms with van der Waals surface area (Å²) in [5, 5.41) is 15.9. The van der Waals surface area contributed by atoms with Gasteiger partial charge in [-0.3, -0.25) is 10.1 Å². The second-order valence-corrected chi connectivity index (χ2v) is 7.37. The van der Waals surface area contributed by atoms with E-state index in [1.54, 1.807) is 12.1 Å². The predicted octanol–water partition coefficient (Wildman–Crippen LogP) is 2.73. The van der Waals surface area contributed by atoms with Gasteiger partial charge in [-0.15, -0.1) is 0 Å². The molecule has 2 heterocycles. The lowest BCUT2D eigenvalue weighted by atomic mass is 10.1. The quantitative estimate of drug-likeness (QED) is 0.399. The van der Waals surface area contributed by atoms with Gasteiger partial charge in [0.05, 0.1) is 4.92 Å². The van der Waals surface area contributed by atoms with Crippen LogP contribution in [0.5, 0.6) is 0 Å². The fraction of sp³-hybridized carbons (Fsp3) is 0.300. The smallest absolute Gasteiger partial charge is 0.304 e. The van der Waals surface area contributed by atoms with Crippen molar-refractivity contribution in [2.24, 2.45) is 0 Å². The molecule has 0 saturated carbocycles. The topological polar surface area (TPSA) is 74.1 Å². The molecule has 1 aliphatic heterocycles. The molecular formula is C20H19N4O3+. The van der Waals surface area contributed by atoms with E-state index in [-0.39, 0.29) is 22.8 Å². The van der Waals surface area contributed by atoms with Gasteiger partial charge in [0.25, 0.3) is 5.69 Å². The number of benzene rings is 2. The molecule has 2 aliphatic rings. The van der Waals surface area contributed by atoms with Crippen LogP contribution in [0.2, 0.25) is 0 Å². The van der Waals surface area contributed by atoms with Gasteiger partial charge < -0.3 is 4.74 Å². The molecule has 27 heavy (non-hydrogen) atoms. The van der Waals surface area contributed by atoms with Crippen molar-refractivity contribution in [1.82, 2.24) is 9.78 Å². The summed E-state index contributed by atoms with van der Waals surface area (Å²) in [6.45, 7) is 4.58. The predicted molar refractivity (Wildman–Crippen MR) is 96.7 cm³/mol. The minimum atomic E-state index is -0.345. The number of aryl methyl sites for hydroxylation is 2. The standard InChI is InChI=1S/C20H19N4O3/c1-12-5-13(2)7-16(6-12)23-11-22-19(21-23)10-27-18-8-14-3-4-15(24(25)26)9-17(14)20(18)22/h3-7,9,11,18,20H,8,10H2,1-2H3/q+1. The van der Waals surface area contributed by atoms with E-state index >= 15 is 0 Å². The fourth-order valence-corrected chi connectivity index (χ4v) is 4.28. The van der Waals surface area contributed by atoms with Crippen molar-refractivity contribution in [2.45, 2.75) is 39.0 Å². The van der Waals surface area contributed by atoms with E-state index in [0.717, 1.165) is 29.1 Å². The molecule has 2 unspecified atom stereocenters. The molecule has 0 saturated heterocycles. The zero-order chi connectivity index (χ0) is 18.7. The van der Waals surface area contributed by atoms with Crippen molar-refractivity contribution in [3.8, 4) is 5.69 Å². The molecule has 5 rings (SSSR count). The number of non-ortho nitro benzene ring substituents is 1. The summed E-state index contributed by atoms with van der Waals surface area (Å²) in [5.74, 6) is 0.828. The molecule has 7 nitrogen and oxygen atoms in total. The zero-order valence-electron chi connectivity index (χ0n) is 15.1. The first-order chi connectivity index (χ1) is 13.0. The van der Waals surface area contributed by atoms with E-state index in [1.165, 1.54) is 11.1 Å². The maximum Gasteiger partial charge on any atom is 0.304 e. The third-order valence-electron chi connectivity index (χ3n) is 5.38. The Bertz CT molecular complexity index is 1070. The first kappa shape index (κ1) is 16.1. The Balaban J connectivity index is 1.62. The Morgan fingerprint density at radius 3 is 2.74 bits per heavy atom. The van der Waals surface area contributed by atoms with Crippen LogP contribution in [-0.2, 0) is 17.8 Å². The van der Waals surface area contributed by atoms with E-state index in [2.05, 4.69) is 36.6 Å². The molecule has 136 valence electrons. The number of nitrogens with zero attached hydrogens (tertiary/aromatic N) is 4. The number of hydrogen-bond acceptors (Lipinski definition) is 4. The van der Waals surface area contributed by atoms with Gasteiger partial charge in [0, 0.05) is 29.2 Å². The summed E-state index contributed by atoms with van der Waals surface area (Å²) >= 11 is 0. The largest absolute Gasteiger partial charge is 0.363 e. The number of nitro benzene ring substituents is 1. The highest BCUT2D eigenvalue weighted by molar-refractivity contribution is 5.45. The maximum absolute atomic E-state index is 11.2. The molecule has 2 aromatic carbocycles. The molecule has 0 N–H and O–H groups in total. The third kappa shape index (κ3) is 2.54. The SMILES string of the molecule is Cc1cc(C)cc(-n2c[n+]3c(n2)COC2Cc4ccc([N+](=O)[O-])cc4C23)c1. The highest BCUT2D eigenvalue weighted by atomic mass is 16.6. The lowest BCUT2D eigenvalue weighted by Crippen LogP contribution is -2.51. The van der Waals surface area contributed by atoms with Crippen molar-refractivity contribution < 1.29 is 14.2 Å². The second kappa shape index (κ2) is 5.72. The van der Waals surface area contributed by atoms with Gasteiger partial charge in [-0.25, -0.2) is 4.57 Å². The monoisotopic (exact) mass is 363 g/mol. The van der Waals surface area contributed by atoms with Crippen molar-refractivity contribution in [3.63, 3.8) is 0 Å². The average molecular weight is 363 g/mol. The van der Waals surface area contributed by atoms with Crippen LogP contribution >= 0.6 is 0 Å². The van der Waals surface area contributed by atoms with E-state index < -0.39 is 0 Å². The summed E-state index contributed by atoms with van der Waals surface area (Å²) in [6, 6.07) is 11.3. The molecule has 7 heteroatoms. The van der Waals surface area contributed by atoms with Crippen LogP contribution in [-0.4, -0.2) is 20.8 Å². The van der Waals surface area contributed by atoms with Crippen LogP contribution in [0.25, 0.3) is 5.69 Å². The minimum absolute atomic E-state index is 0.0172. The van der Waals surface area contributed by atoms with Crippen molar-refractivity contribution >= 4 is 5.69 Å². The van der Waals surface area contributed by atoms with Gasteiger partial charge in [0.15, 0.2) is 0 Å². The molecule has 0 spiro atoms. The van der Waals surface area contributed by atoms with Crippen LogP contribution in [0.15, 0.2) is 42.7 Å². The third-order valence-corrected chi connectivity index (χ3v) is 5.38. The Morgan fingerprint density at radius 1 is 1.22 bits per heavy atom. The molecule has 1 aromatic heterocycles. The van der Waals surface area contributed by atoms with E-state index in [1.807, 2.05) is 17.1 Å². The normalized spacial score (nSPS) is 20.1. The highest BCUT2D eigenvalue weighted by Gasteiger charge is 2.44. The number of fused-ring (bicyclic) bond motifs is 5. The van der Waals surface area contributed by atoms with Gasteiger partial charge in [-0.2, -0.15) is 0 Å². The Hall–Kier alpha value is -3.06. The number of aromatic nitrogens is 3. The minimum Gasteiger partial charge on any atom is -0.363 e. The number of hydrogen-bond donors (Lipinski definition) is 0. The second-order valence-electron chi connectivity index (χ2n) is 7.37. The lowest BCUT2D eigenvalue weighted by molar-refractivity contribution is -0.739. The van der Waals surface area contributed by atoms with Gasteiger partial charge in [-0.1, -0.05) is 16.8 Å². The van der Waals surface area contributed by atoms with Gasteiger partial charge in [0.1, 0.15) is 24.4 Å². The Labute approximate surface area is 156 Å². The molecule has 1 aliphatic carbocycles. The molecule has 2 atom stereocenters. The van der Waals surface area contributed by atoms with Crippen LogP contribution in [0, 0.1) is 24.0 Å². The summed E-state index contributed by atoms with van der Waals surface area (Å²) in [6.07, 6.45) is 2.73. The maximum atomic E-state index is 11.2. The zero-order valence-corrected chi connectivity index (χ0v) is 15.1. The van der Waals surface area contributed by atoms with Gasteiger partial charge >= 0.3 is 5.82 Å². The van der Waals surface area contributed by atoms with E-state index in [0.29, 0.717) is 6.61 Å². The Morgan fingerprint density at radius 2 is 2.00 bits per heavy atom. The number of rotatable bonds is 2. The van der Waals surface area contributed by atoms with Crippen LogP contribution < -0.4 is 4.57 Å². The lowest BCUT2D eigenvalue weighted by Gasteiger charge is -2.23.